The van der Waals surface area contributed by atoms with Crippen LogP contribution in [-0.4, -0.2) is 5.78 Å². The summed E-state index contributed by atoms with van der Waals surface area (Å²) in [6.45, 7) is 4.20. The van der Waals surface area contributed by atoms with E-state index in [1.165, 1.54) is 4.88 Å². The molecule has 0 bridgehead atoms. The molecule has 0 N–H and O–H groups in total. The Morgan fingerprint density at radius 3 is 2.86 bits per heavy atom. The van der Waals surface area contributed by atoms with Gasteiger partial charge in [-0.2, -0.15) is 0 Å². The summed E-state index contributed by atoms with van der Waals surface area (Å²) < 4.78 is 1.13. The lowest BCUT2D eigenvalue weighted by Crippen LogP contribution is -2.45. The van der Waals surface area contributed by atoms with Crippen molar-refractivity contribution >= 4 is 33.0 Å². The molecule has 76 valence electrons. The monoisotopic (exact) mass is 272 g/mol. The zero-order chi connectivity index (χ0) is 10.3. The van der Waals surface area contributed by atoms with E-state index in [9.17, 15) is 4.79 Å². The second kappa shape index (κ2) is 3.46. The van der Waals surface area contributed by atoms with Gasteiger partial charge in [-0.15, -0.1) is 11.3 Å². The smallest absolute Gasteiger partial charge is 0.140 e. The SMILES string of the molecule is CCC1(C)C(=O)CC1c1cc(Br)cs1. The largest absolute Gasteiger partial charge is 0.299 e. The third-order valence-electron chi connectivity index (χ3n) is 3.46. The van der Waals surface area contributed by atoms with Crippen LogP contribution in [0.25, 0.3) is 0 Å². The minimum Gasteiger partial charge on any atom is -0.299 e. The molecule has 1 saturated carbocycles. The maximum absolute atomic E-state index is 11.6. The maximum Gasteiger partial charge on any atom is 0.140 e. The van der Waals surface area contributed by atoms with E-state index in [-0.39, 0.29) is 5.41 Å². The predicted molar refractivity (Wildman–Crippen MR) is 62.8 cm³/mol. The summed E-state index contributed by atoms with van der Waals surface area (Å²) in [5, 5.41) is 2.09. The summed E-state index contributed by atoms with van der Waals surface area (Å²) in [6.07, 6.45) is 1.68. The van der Waals surface area contributed by atoms with Crippen LogP contribution in [0.5, 0.6) is 0 Å². The topological polar surface area (TPSA) is 17.1 Å². The van der Waals surface area contributed by atoms with E-state index in [1.807, 2.05) is 0 Å². The van der Waals surface area contributed by atoms with E-state index >= 15 is 0 Å². The minimum absolute atomic E-state index is 0.0930. The average molecular weight is 273 g/mol. The zero-order valence-electron chi connectivity index (χ0n) is 8.34. The van der Waals surface area contributed by atoms with Gasteiger partial charge in [0.05, 0.1) is 0 Å². The van der Waals surface area contributed by atoms with Gasteiger partial charge in [-0.25, -0.2) is 0 Å². The van der Waals surface area contributed by atoms with Crippen molar-refractivity contribution in [3.63, 3.8) is 0 Å². The van der Waals surface area contributed by atoms with Crippen LogP contribution in [0.1, 0.15) is 37.5 Å². The molecule has 0 spiro atoms. The Labute approximate surface area is 96.6 Å². The molecule has 1 aromatic rings. The molecule has 1 aliphatic carbocycles. The number of ketones is 1. The van der Waals surface area contributed by atoms with Gasteiger partial charge in [0.25, 0.3) is 0 Å². The van der Waals surface area contributed by atoms with Crippen LogP contribution in [0.2, 0.25) is 0 Å². The van der Waals surface area contributed by atoms with Gasteiger partial charge in [0.2, 0.25) is 0 Å². The molecule has 1 fully saturated rings. The minimum atomic E-state index is -0.0930. The highest BCUT2D eigenvalue weighted by Crippen LogP contribution is 2.53. The number of Topliss-reactive ketones (excluding diaryl/α,β-unsaturated/α-hetero) is 1. The fourth-order valence-corrected chi connectivity index (χ4v) is 3.77. The van der Waals surface area contributed by atoms with Crippen molar-refractivity contribution in [3.8, 4) is 0 Å². The van der Waals surface area contributed by atoms with Crippen LogP contribution < -0.4 is 0 Å². The Kier molecular flexibility index (Phi) is 2.56. The molecule has 14 heavy (non-hydrogen) atoms. The quantitative estimate of drug-likeness (QED) is 0.796. The van der Waals surface area contributed by atoms with E-state index < -0.39 is 0 Å². The van der Waals surface area contributed by atoms with Crippen LogP contribution in [0.3, 0.4) is 0 Å². The third-order valence-corrected chi connectivity index (χ3v) is 5.27. The van der Waals surface area contributed by atoms with E-state index in [0.29, 0.717) is 11.7 Å². The summed E-state index contributed by atoms with van der Waals surface area (Å²) in [5.74, 6) is 0.880. The number of halogens is 1. The number of thiophene rings is 1. The van der Waals surface area contributed by atoms with Gasteiger partial charge in [-0.05, 0) is 28.4 Å². The fourth-order valence-electron chi connectivity index (χ4n) is 2.08. The summed E-state index contributed by atoms with van der Waals surface area (Å²) in [6, 6.07) is 2.15. The van der Waals surface area contributed by atoms with Crippen LogP contribution in [0, 0.1) is 5.41 Å². The van der Waals surface area contributed by atoms with Gasteiger partial charge >= 0.3 is 0 Å². The Hall–Kier alpha value is -0.150. The molecular weight excluding hydrogens is 260 g/mol. The van der Waals surface area contributed by atoms with Crippen molar-refractivity contribution in [1.82, 2.24) is 0 Å². The molecule has 1 aromatic heterocycles. The highest BCUT2D eigenvalue weighted by Gasteiger charge is 2.50. The summed E-state index contributed by atoms with van der Waals surface area (Å²) in [4.78, 5) is 12.9. The Morgan fingerprint density at radius 1 is 1.71 bits per heavy atom. The number of hydrogen-bond acceptors (Lipinski definition) is 2. The van der Waals surface area contributed by atoms with Crippen LogP contribution in [0.4, 0.5) is 0 Å². The number of carbonyl (C=O) groups excluding carboxylic acids is 1. The molecule has 2 rings (SSSR count). The normalized spacial score (nSPS) is 31.6. The highest BCUT2D eigenvalue weighted by molar-refractivity contribution is 9.10. The standard InChI is InChI=1S/C11H13BrOS/c1-3-11(2)8(5-10(11)13)9-4-7(12)6-14-9/h4,6,8H,3,5H2,1-2H3. The molecular formula is C11H13BrOS. The first kappa shape index (κ1) is 10.4. The second-order valence-electron chi connectivity index (χ2n) is 4.12. The van der Waals surface area contributed by atoms with E-state index in [2.05, 4.69) is 41.2 Å². The Bertz CT molecular complexity index is 371. The molecule has 1 nitrogen and oxygen atoms in total. The molecule has 0 saturated heterocycles. The molecule has 0 radical (unpaired) electrons. The Balaban J connectivity index is 2.26. The first-order valence-corrected chi connectivity index (χ1v) is 6.52. The van der Waals surface area contributed by atoms with E-state index in [0.717, 1.165) is 17.3 Å². The van der Waals surface area contributed by atoms with E-state index in [1.54, 1.807) is 11.3 Å². The van der Waals surface area contributed by atoms with Gasteiger partial charge in [0.15, 0.2) is 0 Å². The van der Waals surface area contributed by atoms with Crippen LogP contribution >= 0.6 is 27.3 Å². The first-order chi connectivity index (χ1) is 6.58. The first-order valence-electron chi connectivity index (χ1n) is 4.85. The number of rotatable bonds is 2. The lowest BCUT2D eigenvalue weighted by Gasteiger charge is -2.44. The lowest BCUT2D eigenvalue weighted by atomic mass is 9.58. The van der Waals surface area contributed by atoms with Crippen molar-refractivity contribution in [2.24, 2.45) is 5.41 Å². The van der Waals surface area contributed by atoms with Gasteiger partial charge in [0.1, 0.15) is 5.78 Å². The molecule has 2 unspecified atom stereocenters. The lowest BCUT2D eigenvalue weighted by molar-refractivity contribution is -0.139. The zero-order valence-corrected chi connectivity index (χ0v) is 10.7. The molecule has 0 aliphatic heterocycles. The fraction of sp³-hybridized carbons (Fsp3) is 0.545. The van der Waals surface area contributed by atoms with Crippen molar-refractivity contribution in [3.05, 3.63) is 20.8 Å². The number of hydrogen-bond donors (Lipinski definition) is 0. The van der Waals surface area contributed by atoms with Gasteiger partial charge < -0.3 is 0 Å². The van der Waals surface area contributed by atoms with Crippen molar-refractivity contribution in [2.75, 3.05) is 0 Å². The summed E-state index contributed by atoms with van der Waals surface area (Å²) in [5.41, 5.74) is -0.0930. The summed E-state index contributed by atoms with van der Waals surface area (Å²) >= 11 is 5.21. The molecule has 0 aromatic carbocycles. The predicted octanol–water partition coefficient (Wildman–Crippen LogP) is 3.98. The third kappa shape index (κ3) is 1.38. The number of carbonyl (C=O) groups is 1. The highest BCUT2D eigenvalue weighted by atomic mass is 79.9. The second-order valence-corrected chi connectivity index (χ2v) is 5.98. The average Bonchev–Trinajstić information content (AvgIpc) is 2.59. The molecule has 1 heterocycles. The summed E-state index contributed by atoms with van der Waals surface area (Å²) in [7, 11) is 0. The van der Waals surface area contributed by atoms with E-state index in [4.69, 9.17) is 0 Å². The molecule has 3 heteroatoms. The van der Waals surface area contributed by atoms with Crippen molar-refractivity contribution in [2.45, 2.75) is 32.6 Å². The molecule has 1 aliphatic rings. The molecule has 0 amide bonds. The van der Waals surface area contributed by atoms with Crippen molar-refractivity contribution < 1.29 is 4.79 Å². The van der Waals surface area contributed by atoms with Gasteiger partial charge in [0, 0.05) is 32.5 Å². The van der Waals surface area contributed by atoms with Gasteiger partial charge in [-0.1, -0.05) is 13.8 Å². The van der Waals surface area contributed by atoms with Crippen LogP contribution in [-0.2, 0) is 4.79 Å². The Morgan fingerprint density at radius 2 is 2.43 bits per heavy atom. The van der Waals surface area contributed by atoms with Crippen LogP contribution in [0.15, 0.2) is 15.9 Å². The molecule has 2 atom stereocenters. The van der Waals surface area contributed by atoms with Gasteiger partial charge in [-0.3, -0.25) is 4.79 Å². The maximum atomic E-state index is 11.6. The van der Waals surface area contributed by atoms with Crippen molar-refractivity contribution in [1.29, 1.82) is 0 Å².